The van der Waals surface area contributed by atoms with E-state index in [1.807, 2.05) is 6.92 Å². The number of nitrogens with zero attached hydrogens (tertiary/aromatic N) is 1. The maximum absolute atomic E-state index is 12.8. The molecule has 1 aliphatic heterocycles. The monoisotopic (exact) mass is 472 g/mol. The average molecular weight is 473 g/mol. The van der Waals surface area contributed by atoms with Crippen molar-refractivity contribution in [3.63, 3.8) is 0 Å². The fourth-order valence-corrected chi connectivity index (χ4v) is 6.65. The van der Waals surface area contributed by atoms with Gasteiger partial charge in [-0.2, -0.15) is 4.31 Å². The van der Waals surface area contributed by atoms with E-state index >= 15 is 0 Å². The predicted molar refractivity (Wildman–Crippen MR) is 118 cm³/mol. The molecule has 1 aliphatic rings. The molecule has 1 fully saturated rings. The molecule has 2 aromatic rings. The molecule has 3 rings (SSSR count). The van der Waals surface area contributed by atoms with E-state index in [9.17, 15) is 13.2 Å². The minimum atomic E-state index is -3.54. The van der Waals surface area contributed by atoms with Gasteiger partial charge in [0.05, 0.1) is 24.2 Å². The van der Waals surface area contributed by atoms with Crippen molar-refractivity contribution in [2.24, 2.45) is 11.8 Å². The molecular weight excluding hydrogens is 448 g/mol. The lowest BCUT2D eigenvalue weighted by atomic mass is 9.85. The Labute approximate surface area is 186 Å². The molecule has 7 nitrogen and oxygen atoms in total. The number of amides is 1. The molecule has 0 aliphatic carbocycles. The molecule has 30 heavy (non-hydrogen) atoms. The summed E-state index contributed by atoms with van der Waals surface area (Å²) in [6, 6.07) is 8.32. The van der Waals surface area contributed by atoms with Gasteiger partial charge in [0, 0.05) is 25.1 Å². The van der Waals surface area contributed by atoms with Crippen LogP contribution in [0.1, 0.15) is 19.8 Å². The van der Waals surface area contributed by atoms with Crippen LogP contribution in [0.25, 0.3) is 0 Å². The number of rotatable bonds is 7. The van der Waals surface area contributed by atoms with Crippen molar-refractivity contribution in [2.75, 3.05) is 32.6 Å². The number of hydrogen-bond acceptors (Lipinski definition) is 6. The SMILES string of the molecule is COc1ccc(NC(=O)C(C)C2CCN(S(=O)(=O)c3ccc(Cl)s3)CC2)c(OC)c1. The topological polar surface area (TPSA) is 84.9 Å². The van der Waals surface area contributed by atoms with Crippen LogP contribution in [0.3, 0.4) is 0 Å². The number of anilines is 1. The number of hydrogen-bond donors (Lipinski definition) is 1. The number of carbonyl (C=O) groups is 1. The van der Waals surface area contributed by atoms with E-state index in [0.29, 0.717) is 47.5 Å². The standard InChI is InChI=1S/C20H25ClN2O5S2/c1-13(20(24)22-16-5-4-15(27-2)12-17(16)28-3)14-8-10-23(11-9-14)30(25,26)19-7-6-18(21)29-19/h4-7,12-14H,8-11H2,1-3H3,(H,22,24). The first-order valence-electron chi connectivity index (χ1n) is 9.54. The summed E-state index contributed by atoms with van der Waals surface area (Å²) in [6.07, 6.45) is 1.24. The summed E-state index contributed by atoms with van der Waals surface area (Å²) >= 11 is 6.94. The Balaban J connectivity index is 1.61. The molecule has 10 heteroatoms. The van der Waals surface area contributed by atoms with E-state index in [4.69, 9.17) is 21.1 Å². The smallest absolute Gasteiger partial charge is 0.252 e. The van der Waals surface area contributed by atoms with Crippen LogP contribution in [0.2, 0.25) is 4.34 Å². The first-order chi connectivity index (χ1) is 14.3. The number of sulfonamides is 1. The Morgan fingerprint density at radius 1 is 1.20 bits per heavy atom. The Morgan fingerprint density at radius 2 is 1.90 bits per heavy atom. The zero-order valence-corrected chi connectivity index (χ0v) is 19.4. The summed E-state index contributed by atoms with van der Waals surface area (Å²) in [5.74, 6) is 0.860. The van der Waals surface area contributed by atoms with E-state index in [-0.39, 0.29) is 22.0 Å². The average Bonchev–Trinajstić information content (AvgIpc) is 3.20. The van der Waals surface area contributed by atoms with E-state index in [0.717, 1.165) is 11.3 Å². The maximum Gasteiger partial charge on any atom is 0.252 e. The summed E-state index contributed by atoms with van der Waals surface area (Å²) in [5.41, 5.74) is 0.574. The van der Waals surface area contributed by atoms with Crippen molar-refractivity contribution in [2.45, 2.75) is 24.0 Å². The van der Waals surface area contributed by atoms with Crippen LogP contribution < -0.4 is 14.8 Å². The lowest BCUT2D eigenvalue weighted by Crippen LogP contribution is -2.41. The van der Waals surface area contributed by atoms with Crippen molar-refractivity contribution in [1.29, 1.82) is 0 Å². The zero-order chi connectivity index (χ0) is 21.9. The molecular formula is C20H25ClN2O5S2. The number of ether oxygens (including phenoxy) is 2. The van der Waals surface area contributed by atoms with Gasteiger partial charge in [0.25, 0.3) is 10.0 Å². The molecule has 0 spiro atoms. The first kappa shape index (κ1) is 22.9. The van der Waals surface area contributed by atoms with Crippen LogP contribution in [0.15, 0.2) is 34.5 Å². The second kappa shape index (κ2) is 9.55. The van der Waals surface area contributed by atoms with Gasteiger partial charge < -0.3 is 14.8 Å². The van der Waals surface area contributed by atoms with E-state index in [1.165, 1.54) is 17.5 Å². The van der Waals surface area contributed by atoms with E-state index in [2.05, 4.69) is 5.32 Å². The fraction of sp³-hybridized carbons (Fsp3) is 0.450. The molecule has 164 valence electrons. The summed E-state index contributed by atoms with van der Waals surface area (Å²) in [7, 11) is -0.440. The van der Waals surface area contributed by atoms with Crippen LogP contribution >= 0.6 is 22.9 Å². The Hall–Kier alpha value is -1.81. The fourth-order valence-electron chi connectivity index (χ4n) is 3.54. The summed E-state index contributed by atoms with van der Waals surface area (Å²) in [4.78, 5) is 12.8. The van der Waals surface area contributed by atoms with Gasteiger partial charge in [0.15, 0.2) is 0 Å². The highest BCUT2D eigenvalue weighted by Gasteiger charge is 2.34. The van der Waals surface area contributed by atoms with E-state index < -0.39 is 10.0 Å². The van der Waals surface area contributed by atoms with Gasteiger partial charge in [-0.1, -0.05) is 18.5 Å². The second-order valence-electron chi connectivity index (χ2n) is 7.14. The van der Waals surface area contributed by atoms with Gasteiger partial charge in [-0.15, -0.1) is 11.3 Å². The lowest BCUT2D eigenvalue weighted by molar-refractivity contribution is -0.121. The van der Waals surface area contributed by atoms with Gasteiger partial charge in [-0.25, -0.2) is 8.42 Å². The highest BCUT2D eigenvalue weighted by atomic mass is 35.5. The number of piperidine rings is 1. The normalized spacial score (nSPS) is 16.8. The predicted octanol–water partition coefficient (Wildman–Crippen LogP) is 4.09. The molecule has 0 saturated carbocycles. The van der Waals surface area contributed by atoms with Gasteiger partial charge in [-0.05, 0) is 43.0 Å². The summed E-state index contributed by atoms with van der Waals surface area (Å²) < 4.78 is 38.2. The van der Waals surface area contributed by atoms with Gasteiger partial charge in [-0.3, -0.25) is 4.79 Å². The largest absolute Gasteiger partial charge is 0.497 e. The molecule has 1 amide bonds. The molecule has 1 saturated heterocycles. The van der Waals surface area contributed by atoms with Gasteiger partial charge in [0.2, 0.25) is 5.91 Å². The van der Waals surface area contributed by atoms with Crippen molar-refractivity contribution in [1.82, 2.24) is 4.31 Å². The molecule has 0 radical (unpaired) electrons. The van der Waals surface area contributed by atoms with Crippen LogP contribution in [0, 0.1) is 11.8 Å². The quantitative estimate of drug-likeness (QED) is 0.655. The number of thiophene rings is 1. The zero-order valence-electron chi connectivity index (χ0n) is 17.1. The Kier molecular flexibility index (Phi) is 7.28. The maximum atomic E-state index is 12.8. The van der Waals surface area contributed by atoms with Crippen LogP contribution in [0.5, 0.6) is 11.5 Å². The van der Waals surface area contributed by atoms with Gasteiger partial charge >= 0.3 is 0 Å². The van der Waals surface area contributed by atoms with Crippen LogP contribution in [0.4, 0.5) is 5.69 Å². The molecule has 1 atom stereocenters. The third-order valence-corrected chi connectivity index (χ3v) is 9.03. The number of methoxy groups -OCH3 is 2. The summed E-state index contributed by atoms with van der Waals surface area (Å²) in [6.45, 7) is 2.64. The first-order valence-corrected chi connectivity index (χ1v) is 12.2. The van der Waals surface area contributed by atoms with E-state index in [1.54, 1.807) is 31.4 Å². The molecule has 1 aromatic carbocycles. The molecule has 1 unspecified atom stereocenters. The third-order valence-electron chi connectivity index (χ3n) is 5.43. The minimum Gasteiger partial charge on any atom is -0.497 e. The van der Waals surface area contributed by atoms with Crippen molar-refractivity contribution >= 4 is 44.6 Å². The Bertz CT molecular complexity index is 1000. The highest BCUT2D eigenvalue weighted by Crippen LogP contribution is 2.34. The summed E-state index contributed by atoms with van der Waals surface area (Å²) in [5, 5.41) is 2.92. The lowest BCUT2D eigenvalue weighted by Gasteiger charge is -2.33. The highest BCUT2D eigenvalue weighted by molar-refractivity contribution is 7.91. The van der Waals surface area contributed by atoms with Crippen molar-refractivity contribution < 1.29 is 22.7 Å². The molecule has 1 N–H and O–H groups in total. The molecule has 2 heterocycles. The van der Waals surface area contributed by atoms with Crippen molar-refractivity contribution in [3.05, 3.63) is 34.7 Å². The van der Waals surface area contributed by atoms with Gasteiger partial charge in [0.1, 0.15) is 15.7 Å². The number of halogens is 1. The number of nitrogens with one attached hydrogen (secondary N) is 1. The molecule has 1 aromatic heterocycles. The number of carbonyl (C=O) groups excluding carboxylic acids is 1. The Morgan fingerprint density at radius 3 is 2.47 bits per heavy atom. The van der Waals surface area contributed by atoms with Crippen LogP contribution in [-0.2, 0) is 14.8 Å². The second-order valence-corrected chi connectivity index (χ2v) is 11.0. The molecule has 0 bridgehead atoms. The number of benzene rings is 1. The minimum absolute atomic E-state index is 0.0904. The van der Waals surface area contributed by atoms with Crippen LogP contribution in [-0.4, -0.2) is 45.9 Å². The third kappa shape index (κ3) is 4.91. The van der Waals surface area contributed by atoms with Crippen molar-refractivity contribution in [3.8, 4) is 11.5 Å².